The van der Waals surface area contributed by atoms with Gasteiger partial charge in [-0.25, -0.2) is 9.97 Å². The molecule has 2 heterocycles. The Morgan fingerprint density at radius 3 is 3.07 bits per heavy atom. The van der Waals surface area contributed by atoms with Crippen molar-refractivity contribution in [3.05, 3.63) is 29.8 Å². The Hall–Kier alpha value is -1.09. The molecule has 1 fully saturated rings. The number of hydrogen-bond acceptors (Lipinski definition) is 2. The number of imidazole rings is 1. The first-order valence-corrected chi connectivity index (χ1v) is 5.31. The van der Waals surface area contributed by atoms with Crippen LogP contribution < -0.4 is 0 Å². The molecule has 0 radical (unpaired) electrons. The summed E-state index contributed by atoms with van der Waals surface area (Å²) in [5.41, 5.74) is 2.21. The first-order chi connectivity index (χ1) is 6.88. The van der Waals surface area contributed by atoms with Crippen molar-refractivity contribution in [1.82, 2.24) is 14.4 Å². The Labute approximate surface area is 86.7 Å². The van der Waals surface area contributed by atoms with E-state index in [4.69, 9.17) is 11.6 Å². The van der Waals surface area contributed by atoms with Crippen LogP contribution in [0.3, 0.4) is 0 Å². The molecule has 1 aliphatic carbocycles. The molecular weight excluding hydrogens is 198 g/mol. The highest BCUT2D eigenvalue weighted by Crippen LogP contribution is 2.39. The summed E-state index contributed by atoms with van der Waals surface area (Å²) < 4.78 is 2.06. The average Bonchev–Trinajstić information content (AvgIpc) is 2.96. The second-order valence-electron chi connectivity index (χ2n) is 3.68. The molecule has 0 spiro atoms. The molecule has 0 unspecified atom stereocenters. The van der Waals surface area contributed by atoms with Crippen molar-refractivity contribution in [2.24, 2.45) is 0 Å². The van der Waals surface area contributed by atoms with Crippen LogP contribution in [-0.4, -0.2) is 14.4 Å². The maximum atomic E-state index is 5.74. The normalized spacial score (nSPS) is 16.4. The quantitative estimate of drug-likeness (QED) is 0.708. The van der Waals surface area contributed by atoms with Gasteiger partial charge in [0, 0.05) is 18.1 Å². The summed E-state index contributed by atoms with van der Waals surface area (Å²) in [6.45, 7) is 0. The van der Waals surface area contributed by atoms with Crippen LogP contribution in [0.25, 0.3) is 5.78 Å². The monoisotopic (exact) mass is 207 g/mol. The molecule has 2 aromatic rings. The Bertz CT molecular complexity index is 473. The van der Waals surface area contributed by atoms with Gasteiger partial charge in [-0.3, -0.25) is 4.40 Å². The number of rotatable bonds is 2. The van der Waals surface area contributed by atoms with E-state index in [9.17, 15) is 0 Å². The summed E-state index contributed by atoms with van der Waals surface area (Å²) in [6, 6.07) is 2.07. The lowest BCUT2D eigenvalue weighted by atomic mass is 10.3. The number of halogens is 1. The van der Waals surface area contributed by atoms with Gasteiger partial charge in [0.05, 0.1) is 11.6 Å². The van der Waals surface area contributed by atoms with Gasteiger partial charge in [0.2, 0.25) is 5.78 Å². The molecular formula is C10H10ClN3. The van der Waals surface area contributed by atoms with E-state index in [2.05, 4.69) is 20.4 Å². The lowest BCUT2D eigenvalue weighted by molar-refractivity contribution is 0.943. The zero-order valence-corrected chi connectivity index (χ0v) is 8.41. The summed E-state index contributed by atoms with van der Waals surface area (Å²) in [7, 11) is 0. The first kappa shape index (κ1) is 8.24. The largest absolute Gasteiger partial charge is 0.288 e. The molecule has 0 N–H and O–H groups in total. The summed E-state index contributed by atoms with van der Waals surface area (Å²) in [4.78, 5) is 8.54. The third-order valence-electron chi connectivity index (χ3n) is 2.58. The number of alkyl halides is 1. The molecule has 0 aliphatic heterocycles. The highest BCUT2D eigenvalue weighted by Gasteiger charge is 2.26. The van der Waals surface area contributed by atoms with Gasteiger partial charge in [0.25, 0.3) is 0 Å². The minimum Gasteiger partial charge on any atom is -0.288 e. The second kappa shape index (κ2) is 2.95. The SMILES string of the molecule is ClCc1cn2c(C3CC3)ccnc2n1. The average molecular weight is 208 g/mol. The predicted octanol–water partition coefficient (Wildman–Crippen LogP) is 2.35. The standard InChI is InChI=1S/C10H10ClN3/c11-5-8-6-14-9(7-1-2-7)3-4-12-10(14)13-8/h3-4,6-7H,1-2,5H2. The van der Waals surface area contributed by atoms with E-state index in [1.807, 2.05) is 12.4 Å². The van der Waals surface area contributed by atoms with Gasteiger partial charge in [-0.05, 0) is 24.8 Å². The zero-order chi connectivity index (χ0) is 9.54. The third-order valence-corrected chi connectivity index (χ3v) is 2.86. The van der Waals surface area contributed by atoms with Crippen LogP contribution in [-0.2, 0) is 5.88 Å². The fraction of sp³-hybridized carbons (Fsp3) is 0.400. The lowest BCUT2D eigenvalue weighted by Crippen LogP contribution is -1.94. The maximum Gasteiger partial charge on any atom is 0.234 e. The second-order valence-corrected chi connectivity index (χ2v) is 3.95. The van der Waals surface area contributed by atoms with Crippen molar-refractivity contribution < 1.29 is 0 Å². The number of nitrogens with zero attached hydrogens (tertiary/aromatic N) is 3. The van der Waals surface area contributed by atoms with Gasteiger partial charge in [-0.2, -0.15) is 0 Å². The Morgan fingerprint density at radius 2 is 2.36 bits per heavy atom. The van der Waals surface area contributed by atoms with E-state index in [1.165, 1.54) is 18.5 Å². The minimum atomic E-state index is 0.452. The fourth-order valence-corrected chi connectivity index (χ4v) is 1.86. The molecule has 0 bridgehead atoms. The molecule has 2 aromatic heterocycles. The number of hydrogen-bond donors (Lipinski definition) is 0. The molecule has 3 rings (SSSR count). The molecule has 14 heavy (non-hydrogen) atoms. The minimum absolute atomic E-state index is 0.452. The summed E-state index contributed by atoms with van der Waals surface area (Å²) >= 11 is 5.74. The fourth-order valence-electron chi connectivity index (χ4n) is 1.74. The van der Waals surface area contributed by atoms with Crippen LogP contribution >= 0.6 is 11.6 Å². The van der Waals surface area contributed by atoms with Crippen molar-refractivity contribution in [1.29, 1.82) is 0 Å². The third kappa shape index (κ3) is 1.20. The van der Waals surface area contributed by atoms with Crippen molar-refractivity contribution in [2.45, 2.75) is 24.6 Å². The molecule has 1 aliphatic rings. The highest BCUT2D eigenvalue weighted by atomic mass is 35.5. The van der Waals surface area contributed by atoms with E-state index in [1.54, 1.807) is 0 Å². The van der Waals surface area contributed by atoms with Gasteiger partial charge in [-0.15, -0.1) is 11.6 Å². The maximum absolute atomic E-state index is 5.74. The smallest absolute Gasteiger partial charge is 0.234 e. The Morgan fingerprint density at radius 1 is 1.50 bits per heavy atom. The van der Waals surface area contributed by atoms with E-state index < -0.39 is 0 Å². The first-order valence-electron chi connectivity index (χ1n) is 4.77. The summed E-state index contributed by atoms with van der Waals surface area (Å²) in [5, 5.41) is 0. The Kier molecular flexibility index (Phi) is 1.74. The van der Waals surface area contributed by atoms with Gasteiger partial charge in [0.1, 0.15) is 0 Å². The molecule has 0 amide bonds. The van der Waals surface area contributed by atoms with Crippen LogP contribution in [0.1, 0.15) is 30.1 Å². The topological polar surface area (TPSA) is 30.2 Å². The summed E-state index contributed by atoms with van der Waals surface area (Å²) in [5.74, 6) is 1.93. The van der Waals surface area contributed by atoms with Crippen molar-refractivity contribution in [3.8, 4) is 0 Å². The van der Waals surface area contributed by atoms with Gasteiger partial charge in [-0.1, -0.05) is 0 Å². The number of fused-ring (bicyclic) bond motifs is 1. The van der Waals surface area contributed by atoms with Gasteiger partial charge in [0.15, 0.2) is 0 Å². The molecule has 4 heteroatoms. The van der Waals surface area contributed by atoms with Gasteiger partial charge >= 0.3 is 0 Å². The van der Waals surface area contributed by atoms with Crippen LogP contribution in [0, 0.1) is 0 Å². The molecule has 0 aromatic carbocycles. The molecule has 72 valence electrons. The van der Waals surface area contributed by atoms with E-state index >= 15 is 0 Å². The van der Waals surface area contributed by atoms with E-state index in [0.717, 1.165) is 11.5 Å². The van der Waals surface area contributed by atoms with E-state index in [0.29, 0.717) is 11.8 Å². The molecule has 3 nitrogen and oxygen atoms in total. The highest BCUT2D eigenvalue weighted by molar-refractivity contribution is 6.16. The van der Waals surface area contributed by atoms with Crippen molar-refractivity contribution in [3.63, 3.8) is 0 Å². The van der Waals surface area contributed by atoms with Crippen molar-refractivity contribution in [2.75, 3.05) is 0 Å². The van der Waals surface area contributed by atoms with Crippen LogP contribution in [0.2, 0.25) is 0 Å². The molecule has 1 saturated carbocycles. The summed E-state index contributed by atoms with van der Waals surface area (Å²) in [6.07, 6.45) is 6.39. The lowest BCUT2D eigenvalue weighted by Gasteiger charge is -2.00. The van der Waals surface area contributed by atoms with Crippen LogP contribution in [0.15, 0.2) is 18.5 Å². The number of aromatic nitrogens is 3. The Balaban J connectivity index is 2.23. The van der Waals surface area contributed by atoms with Crippen molar-refractivity contribution >= 4 is 17.4 Å². The van der Waals surface area contributed by atoms with Gasteiger partial charge < -0.3 is 0 Å². The van der Waals surface area contributed by atoms with Crippen LogP contribution in [0.5, 0.6) is 0 Å². The predicted molar refractivity (Wildman–Crippen MR) is 54.5 cm³/mol. The molecule has 0 saturated heterocycles. The van der Waals surface area contributed by atoms with E-state index in [-0.39, 0.29) is 0 Å². The van der Waals surface area contributed by atoms with Crippen LogP contribution in [0.4, 0.5) is 0 Å². The molecule has 0 atom stereocenters. The zero-order valence-electron chi connectivity index (χ0n) is 7.65.